The first-order valence-corrected chi connectivity index (χ1v) is 5.56. The lowest BCUT2D eigenvalue weighted by molar-refractivity contribution is 0.263. The first kappa shape index (κ1) is 10.9. The molecule has 0 radical (unpaired) electrons. The number of aliphatic hydroxyl groups is 1. The van der Waals surface area contributed by atoms with Crippen LogP contribution in [-0.4, -0.2) is 29.8 Å². The van der Waals surface area contributed by atoms with Crippen LogP contribution in [0.5, 0.6) is 0 Å². The molecule has 84 valence electrons. The summed E-state index contributed by atoms with van der Waals surface area (Å²) in [5, 5.41) is 17.9. The van der Waals surface area contributed by atoms with Gasteiger partial charge in [-0.25, -0.2) is 4.98 Å². The van der Waals surface area contributed by atoms with Gasteiger partial charge in [0, 0.05) is 25.9 Å². The third-order valence-corrected chi connectivity index (χ3v) is 3.06. The normalized spacial score (nSPS) is 19.8. The summed E-state index contributed by atoms with van der Waals surface area (Å²) in [6, 6.07) is 5.91. The number of nitriles is 1. The van der Waals surface area contributed by atoms with Crippen LogP contribution in [-0.2, 0) is 0 Å². The smallest absolute Gasteiger partial charge is 0.163 e. The zero-order valence-electron chi connectivity index (χ0n) is 9.13. The van der Waals surface area contributed by atoms with Crippen molar-refractivity contribution < 1.29 is 5.11 Å². The Labute approximate surface area is 95.1 Å². The van der Waals surface area contributed by atoms with Crippen LogP contribution in [0.1, 0.15) is 18.5 Å². The molecule has 1 fully saturated rings. The average molecular weight is 217 g/mol. The van der Waals surface area contributed by atoms with Crippen molar-refractivity contribution >= 4 is 5.69 Å². The van der Waals surface area contributed by atoms with Gasteiger partial charge >= 0.3 is 0 Å². The van der Waals surface area contributed by atoms with Crippen LogP contribution >= 0.6 is 0 Å². The Bertz CT molecular complexity index is 399. The summed E-state index contributed by atoms with van der Waals surface area (Å²) in [6.45, 7) is 2.11. The van der Waals surface area contributed by atoms with E-state index in [-0.39, 0.29) is 6.61 Å². The van der Waals surface area contributed by atoms with Crippen LogP contribution in [0.15, 0.2) is 18.3 Å². The highest BCUT2D eigenvalue weighted by atomic mass is 16.3. The maximum absolute atomic E-state index is 8.97. The molecule has 16 heavy (non-hydrogen) atoms. The number of hydrogen-bond acceptors (Lipinski definition) is 4. The molecular formula is C12H15N3O. The van der Waals surface area contributed by atoms with Crippen molar-refractivity contribution in [2.45, 2.75) is 12.8 Å². The van der Waals surface area contributed by atoms with E-state index in [1.807, 2.05) is 12.1 Å². The molecule has 1 aliphatic heterocycles. The van der Waals surface area contributed by atoms with E-state index in [1.165, 1.54) is 0 Å². The molecule has 4 heteroatoms. The minimum absolute atomic E-state index is 0.247. The molecule has 1 aromatic rings. The van der Waals surface area contributed by atoms with Crippen molar-refractivity contribution in [1.82, 2.24) is 4.98 Å². The Morgan fingerprint density at radius 1 is 1.62 bits per heavy atom. The van der Waals surface area contributed by atoms with E-state index in [0.717, 1.165) is 31.6 Å². The van der Waals surface area contributed by atoms with Crippen LogP contribution in [0, 0.1) is 17.2 Å². The Morgan fingerprint density at radius 2 is 2.50 bits per heavy atom. The van der Waals surface area contributed by atoms with Crippen molar-refractivity contribution in [1.29, 1.82) is 5.26 Å². The van der Waals surface area contributed by atoms with Gasteiger partial charge in [0.15, 0.2) is 5.69 Å². The van der Waals surface area contributed by atoms with E-state index in [2.05, 4.69) is 16.0 Å². The fraction of sp³-hybridized carbons (Fsp3) is 0.500. The number of anilines is 1. The van der Waals surface area contributed by atoms with Crippen molar-refractivity contribution in [2.75, 3.05) is 24.6 Å². The molecule has 2 heterocycles. The zero-order valence-corrected chi connectivity index (χ0v) is 9.13. The fourth-order valence-corrected chi connectivity index (χ4v) is 2.21. The van der Waals surface area contributed by atoms with Crippen LogP contribution in [0.4, 0.5) is 5.69 Å². The Balaban J connectivity index is 2.12. The quantitative estimate of drug-likeness (QED) is 0.825. The highest BCUT2D eigenvalue weighted by Crippen LogP contribution is 2.26. The van der Waals surface area contributed by atoms with Crippen LogP contribution < -0.4 is 4.90 Å². The summed E-state index contributed by atoms with van der Waals surface area (Å²) in [6.07, 6.45) is 3.57. The first-order valence-electron chi connectivity index (χ1n) is 5.56. The molecule has 0 bridgehead atoms. The van der Waals surface area contributed by atoms with E-state index in [0.29, 0.717) is 11.6 Å². The number of nitrogens with zero attached hydrogens (tertiary/aromatic N) is 3. The lowest BCUT2D eigenvalue weighted by Crippen LogP contribution is -2.21. The predicted octanol–water partition coefficient (Wildman–Crippen LogP) is 1.16. The van der Waals surface area contributed by atoms with Gasteiger partial charge in [0.2, 0.25) is 0 Å². The minimum Gasteiger partial charge on any atom is -0.396 e. The monoisotopic (exact) mass is 217 g/mol. The topological polar surface area (TPSA) is 60.2 Å². The van der Waals surface area contributed by atoms with Gasteiger partial charge in [-0.15, -0.1) is 0 Å². The van der Waals surface area contributed by atoms with Crippen LogP contribution in [0.3, 0.4) is 0 Å². The number of hydrogen-bond donors (Lipinski definition) is 1. The second kappa shape index (κ2) is 4.95. The second-order valence-corrected chi connectivity index (χ2v) is 4.10. The molecule has 0 amide bonds. The molecule has 0 aliphatic carbocycles. The second-order valence-electron chi connectivity index (χ2n) is 4.10. The first-order chi connectivity index (χ1) is 7.85. The van der Waals surface area contributed by atoms with Gasteiger partial charge in [-0.05, 0) is 30.9 Å². The van der Waals surface area contributed by atoms with E-state index in [1.54, 1.807) is 6.20 Å². The highest BCUT2D eigenvalue weighted by Gasteiger charge is 2.23. The predicted molar refractivity (Wildman–Crippen MR) is 61.0 cm³/mol. The maximum Gasteiger partial charge on any atom is 0.163 e. The fourth-order valence-electron chi connectivity index (χ4n) is 2.21. The van der Waals surface area contributed by atoms with Crippen molar-refractivity contribution in [2.24, 2.45) is 5.92 Å². The standard InChI is InChI=1S/C12H15N3O/c13-8-11-12(2-1-5-14-11)15-6-3-10(9-15)4-7-16/h1-2,5,10,16H,3-4,6-7,9H2. The van der Waals surface area contributed by atoms with Gasteiger partial charge in [0.25, 0.3) is 0 Å². The molecule has 0 aromatic carbocycles. The van der Waals surface area contributed by atoms with Gasteiger partial charge < -0.3 is 10.0 Å². The molecule has 0 saturated carbocycles. The summed E-state index contributed by atoms with van der Waals surface area (Å²) < 4.78 is 0. The summed E-state index contributed by atoms with van der Waals surface area (Å²) in [7, 11) is 0. The number of pyridine rings is 1. The van der Waals surface area contributed by atoms with Crippen molar-refractivity contribution in [3.05, 3.63) is 24.0 Å². The third-order valence-electron chi connectivity index (χ3n) is 3.06. The highest BCUT2D eigenvalue weighted by molar-refractivity contribution is 5.56. The summed E-state index contributed by atoms with van der Waals surface area (Å²) >= 11 is 0. The third kappa shape index (κ3) is 2.15. The summed E-state index contributed by atoms with van der Waals surface area (Å²) in [4.78, 5) is 6.25. The van der Waals surface area contributed by atoms with Gasteiger partial charge in [0.05, 0.1) is 5.69 Å². The molecule has 1 aromatic heterocycles. The minimum atomic E-state index is 0.247. The van der Waals surface area contributed by atoms with E-state index in [9.17, 15) is 0 Å². The van der Waals surface area contributed by atoms with Crippen LogP contribution in [0.25, 0.3) is 0 Å². The van der Waals surface area contributed by atoms with Gasteiger partial charge in [-0.2, -0.15) is 5.26 Å². The summed E-state index contributed by atoms with van der Waals surface area (Å²) in [5.41, 5.74) is 1.41. The molecular weight excluding hydrogens is 202 g/mol. The number of rotatable bonds is 3. The van der Waals surface area contributed by atoms with Gasteiger partial charge in [0.1, 0.15) is 6.07 Å². The largest absolute Gasteiger partial charge is 0.396 e. The van der Waals surface area contributed by atoms with E-state index in [4.69, 9.17) is 10.4 Å². The Morgan fingerprint density at radius 3 is 3.25 bits per heavy atom. The van der Waals surface area contributed by atoms with Crippen molar-refractivity contribution in [3.63, 3.8) is 0 Å². The molecule has 1 saturated heterocycles. The summed E-state index contributed by atoms with van der Waals surface area (Å²) in [5.74, 6) is 0.539. The molecule has 1 unspecified atom stereocenters. The maximum atomic E-state index is 8.97. The molecule has 4 nitrogen and oxygen atoms in total. The van der Waals surface area contributed by atoms with Crippen LogP contribution in [0.2, 0.25) is 0 Å². The molecule has 1 aliphatic rings. The van der Waals surface area contributed by atoms with E-state index >= 15 is 0 Å². The molecule has 1 N–H and O–H groups in total. The lowest BCUT2D eigenvalue weighted by atomic mass is 10.1. The molecule has 1 atom stereocenters. The van der Waals surface area contributed by atoms with Gasteiger partial charge in [-0.1, -0.05) is 0 Å². The average Bonchev–Trinajstić information content (AvgIpc) is 2.78. The zero-order chi connectivity index (χ0) is 11.4. The molecule has 2 rings (SSSR count). The molecule has 0 spiro atoms. The number of aromatic nitrogens is 1. The Hall–Kier alpha value is -1.60. The van der Waals surface area contributed by atoms with E-state index < -0.39 is 0 Å². The Kier molecular flexibility index (Phi) is 3.37. The van der Waals surface area contributed by atoms with Gasteiger partial charge in [-0.3, -0.25) is 0 Å². The SMILES string of the molecule is N#Cc1ncccc1N1CCC(CCO)C1. The number of aliphatic hydroxyl groups excluding tert-OH is 1. The van der Waals surface area contributed by atoms with Crippen molar-refractivity contribution in [3.8, 4) is 6.07 Å². The lowest BCUT2D eigenvalue weighted by Gasteiger charge is -2.18.